The number of anilines is 1. The SMILES string of the molecule is CCc1ccc(N(CC(=O)NC2CCCCCC2)S(=O)(=O)c2ccc(C)cc2)cc1. The van der Waals surface area contributed by atoms with Gasteiger partial charge in [0.05, 0.1) is 10.6 Å². The van der Waals surface area contributed by atoms with E-state index >= 15 is 0 Å². The molecule has 5 nitrogen and oxygen atoms in total. The van der Waals surface area contributed by atoms with Crippen LogP contribution in [0.3, 0.4) is 0 Å². The molecule has 0 radical (unpaired) electrons. The molecule has 1 amide bonds. The zero-order valence-corrected chi connectivity index (χ0v) is 18.7. The van der Waals surface area contributed by atoms with Gasteiger partial charge in [-0.1, -0.05) is 62.4 Å². The highest BCUT2D eigenvalue weighted by atomic mass is 32.2. The topological polar surface area (TPSA) is 66.5 Å². The molecular formula is C24H32N2O3S. The third-order valence-corrected chi connectivity index (χ3v) is 7.54. The minimum atomic E-state index is -3.86. The number of hydrogen-bond donors (Lipinski definition) is 1. The minimum absolute atomic E-state index is 0.131. The monoisotopic (exact) mass is 428 g/mol. The van der Waals surface area contributed by atoms with Crippen molar-refractivity contribution in [3.8, 4) is 0 Å². The van der Waals surface area contributed by atoms with E-state index in [9.17, 15) is 13.2 Å². The lowest BCUT2D eigenvalue weighted by atomic mass is 10.1. The molecule has 162 valence electrons. The van der Waals surface area contributed by atoms with Crippen LogP contribution in [0.2, 0.25) is 0 Å². The molecule has 2 aromatic rings. The van der Waals surface area contributed by atoms with Crippen molar-refractivity contribution in [3.05, 3.63) is 59.7 Å². The lowest BCUT2D eigenvalue weighted by molar-refractivity contribution is -0.120. The van der Waals surface area contributed by atoms with Gasteiger partial charge in [0, 0.05) is 6.04 Å². The largest absolute Gasteiger partial charge is 0.352 e. The molecule has 1 aliphatic carbocycles. The summed E-state index contributed by atoms with van der Waals surface area (Å²) < 4.78 is 28.1. The number of benzene rings is 2. The highest BCUT2D eigenvalue weighted by Gasteiger charge is 2.28. The van der Waals surface area contributed by atoms with Crippen LogP contribution in [-0.4, -0.2) is 26.9 Å². The predicted octanol–water partition coefficient (Wildman–Crippen LogP) is 4.59. The van der Waals surface area contributed by atoms with Crippen LogP contribution in [0.15, 0.2) is 53.4 Å². The molecule has 1 saturated carbocycles. The van der Waals surface area contributed by atoms with Crippen LogP contribution in [-0.2, 0) is 21.2 Å². The van der Waals surface area contributed by atoms with Crippen molar-refractivity contribution in [2.75, 3.05) is 10.8 Å². The van der Waals surface area contributed by atoms with Crippen molar-refractivity contribution < 1.29 is 13.2 Å². The number of aryl methyl sites for hydroxylation is 2. The molecule has 0 heterocycles. The number of hydrogen-bond acceptors (Lipinski definition) is 3. The van der Waals surface area contributed by atoms with Crippen LogP contribution < -0.4 is 9.62 Å². The molecule has 30 heavy (non-hydrogen) atoms. The fraction of sp³-hybridized carbons (Fsp3) is 0.458. The zero-order valence-electron chi connectivity index (χ0n) is 17.9. The van der Waals surface area contributed by atoms with Gasteiger partial charge in [0.15, 0.2) is 0 Å². The molecule has 0 unspecified atom stereocenters. The Morgan fingerprint density at radius 3 is 2.13 bits per heavy atom. The summed E-state index contributed by atoms with van der Waals surface area (Å²) >= 11 is 0. The second kappa shape index (κ2) is 10.1. The molecule has 6 heteroatoms. The maximum atomic E-state index is 13.4. The van der Waals surface area contributed by atoms with Crippen LogP contribution in [0.25, 0.3) is 0 Å². The quantitative estimate of drug-likeness (QED) is 0.656. The lowest BCUT2D eigenvalue weighted by Crippen LogP contribution is -2.44. The summed E-state index contributed by atoms with van der Waals surface area (Å²) in [6, 6.07) is 14.3. The van der Waals surface area contributed by atoms with Crippen molar-refractivity contribution in [1.29, 1.82) is 0 Å². The van der Waals surface area contributed by atoms with Crippen molar-refractivity contribution in [3.63, 3.8) is 0 Å². The highest BCUT2D eigenvalue weighted by Crippen LogP contribution is 2.25. The molecule has 0 atom stereocenters. The standard InChI is InChI=1S/C24H32N2O3S/c1-3-20-12-14-22(15-13-20)26(30(28,29)23-16-10-19(2)11-17-23)18-24(27)25-21-8-6-4-5-7-9-21/h10-17,21H,3-9,18H2,1-2H3,(H,25,27). The van der Waals surface area contributed by atoms with Gasteiger partial charge in [-0.3, -0.25) is 9.10 Å². The maximum Gasteiger partial charge on any atom is 0.264 e. The van der Waals surface area contributed by atoms with Gasteiger partial charge < -0.3 is 5.32 Å². The molecule has 1 fully saturated rings. The fourth-order valence-corrected chi connectivity index (χ4v) is 5.30. The Morgan fingerprint density at radius 2 is 1.57 bits per heavy atom. The number of amides is 1. The molecular weight excluding hydrogens is 396 g/mol. The smallest absolute Gasteiger partial charge is 0.264 e. The van der Waals surface area contributed by atoms with Crippen LogP contribution in [0, 0.1) is 6.92 Å². The van der Waals surface area contributed by atoms with Crippen LogP contribution >= 0.6 is 0 Å². The third kappa shape index (κ3) is 5.63. The Bertz CT molecular complexity index is 929. The molecule has 2 aromatic carbocycles. The molecule has 0 bridgehead atoms. The van der Waals surface area contributed by atoms with E-state index in [4.69, 9.17) is 0 Å². The van der Waals surface area contributed by atoms with Crippen molar-refractivity contribution in [2.24, 2.45) is 0 Å². The van der Waals surface area contributed by atoms with Gasteiger partial charge >= 0.3 is 0 Å². The number of rotatable bonds is 7. The summed E-state index contributed by atoms with van der Waals surface area (Å²) in [5, 5.41) is 3.07. The number of sulfonamides is 1. The van der Waals surface area contributed by atoms with E-state index in [0.29, 0.717) is 5.69 Å². The Morgan fingerprint density at radius 1 is 0.967 bits per heavy atom. The van der Waals surface area contributed by atoms with Crippen LogP contribution in [0.5, 0.6) is 0 Å². The van der Waals surface area contributed by atoms with Crippen molar-refractivity contribution in [2.45, 2.75) is 69.7 Å². The van der Waals surface area contributed by atoms with Gasteiger partial charge in [-0.15, -0.1) is 0 Å². The molecule has 3 rings (SSSR count). The van der Waals surface area contributed by atoms with Gasteiger partial charge in [0.25, 0.3) is 10.0 Å². The molecule has 0 saturated heterocycles. The zero-order chi connectivity index (χ0) is 21.6. The second-order valence-electron chi connectivity index (χ2n) is 8.10. The summed E-state index contributed by atoms with van der Waals surface area (Å²) in [5.74, 6) is -0.253. The minimum Gasteiger partial charge on any atom is -0.352 e. The third-order valence-electron chi connectivity index (χ3n) is 5.75. The maximum absolute atomic E-state index is 13.4. The number of nitrogens with zero attached hydrogens (tertiary/aromatic N) is 1. The van der Waals surface area contributed by atoms with Crippen molar-refractivity contribution in [1.82, 2.24) is 5.32 Å². The Kier molecular flexibility index (Phi) is 7.53. The van der Waals surface area contributed by atoms with Gasteiger partial charge in [-0.25, -0.2) is 8.42 Å². The number of carbonyl (C=O) groups is 1. The van der Waals surface area contributed by atoms with E-state index in [-0.39, 0.29) is 23.4 Å². The summed E-state index contributed by atoms with van der Waals surface area (Å²) in [6.07, 6.45) is 7.40. The summed E-state index contributed by atoms with van der Waals surface area (Å²) in [4.78, 5) is 13.0. The van der Waals surface area contributed by atoms with E-state index in [1.165, 1.54) is 17.1 Å². The number of carbonyl (C=O) groups excluding carboxylic acids is 1. The Labute approximate surface area is 180 Å². The van der Waals surface area contributed by atoms with Gasteiger partial charge in [-0.05, 0) is 56.0 Å². The number of nitrogens with one attached hydrogen (secondary N) is 1. The van der Waals surface area contributed by atoms with Gasteiger partial charge in [0.2, 0.25) is 5.91 Å². The average Bonchev–Trinajstić information content (AvgIpc) is 3.01. The van der Waals surface area contributed by atoms with E-state index in [1.807, 2.05) is 19.1 Å². The van der Waals surface area contributed by atoms with E-state index in [1.54, 1.807) is 36.4 Å². The summed E-state index contributed by atoms with van der Waals surface area (Å²) in [7, 11) is -3.86. The molecule has 1 N–H and O–H groups in total. The second-order valence-corrected chi connectivity index (χ2v) is 9.96. The Balaban J connectivity index is 1.86. The van der Waals surface area contributed by atoms with Crippen molar-refractivity contribution >= 4 is 21.6 Å². The van der Waals surface area contributed by atoms with Crippen LogP contribution in [0.4, 0.5) is 5.69 Å². The first-order chi connectivity index (χ1) is 14.4. The molecule has 0 aromatic heterocycles. The van der Waals surface area contributed by atoms with E-state index < -0.39 is 10.0 Å². The fourth-order valence-electron chi connectivity index (χ4n) is 3.88. The predicted molar refractivity (Wildman–Crippen MR) is 121 cm³/mol. The van der Waals surface area contributed by atoms with Gasteiger partial charge in [-0.2, -0.15) is 0 Å². The van der Waals surface area contributed by atoms with E-state index in [2.05, 4.69) is 12.2 Å². The molecule has 1 aliphatic rings. The first kappa shape index (κ1) is 22.3. The van der Waals surface area contributed by atoms with Gasteiger partial charge in [0.1, 0.15) is 6.54 Å². The Hall–Kier alpha value is -2.34. The molecule has 0 aliphatic heterocycles. The summed E-state index contributed by atoms with van der Waals surface area (Å²) in [6.45, 7) is 3.74. The average molecular weight is 429 g/mol. The lowest BCUT2D eigenvalue weighted by Gasteiger charge is -2.26. The summed E-state index contributed by atoms with van der Waals surface area (Å²) in [5.41, 5.74) is 2.61. The van der Waals surface area contributed by atoms with Crippen LogP contribution in [0.1, 0.15) is 56.6 Å². The first-order valence-corrected chi connectivity index (χ1v) is 12.3. The van der Waals surface area contributed by atoms with E-state index in [0.717, 1.165) is 43.2 Å². The normalized spacial score (nSPS) is 15.4. The molecule has 0 spiro atoms. The highest BCUT2D eigenvalue weighted by molar-refractivity contribution is 7.92. The first-order valence-electron chi connectivity index (χ1n) is 10.9.